The third kappa shape index (κ3) is 5.16. The van der Waals surface area contributed by atoms with Crippen molar-refractivity contribution in [1.82, 2.24) is 5.32 Å². The van der Waals surface area contributed by atoms with Crippen molar-refractivity contribution >= 4 is 5.91 Å². The summed E-state index contributed by atoms with van der Waals surface area (Å²) >= 11 is 0. The topological polar surface area (TPSA) is 125 Å². The molecule has 46 heavy (non-hydrogen) atoms. The zero-order valence-electron chi connectivity index (χ0n) is 29.7. The van der Waals surface area contributed by atoms with E-state index in [9.17, 15) is 20.1 Å². The molecule has 1 aromatic rings. The maximum absolute atomic E-state index is 13.4. The van der Waals surface area contributed by atoms with Gasteiger partial charge in [0.15, 0.2) is 0 Å². The Balaban J connectivity index is 1.20. The Kier molecular flexibility index (Phi) is 8.31. The first-order valence-corrected chi connectivity index (χ1v) is 18.2. The van der Waals surface area contributed by atoms with Crippen molar-refractivity contribution in [3.8, 4) is 5.75 Å². The van der Waals surface area contributed by atoms with Crippen LogP contribution in [0.1, 0.15) is 119 Å². The third-order valence-electron chi connectivity index (χ3n) is 15.4. The SMILES string of the molecule is CC(C)(O)[C@H]1CC[C@@](C)([C@H]2CC[C@]3(C)[C@@H]2[C@H](O)C[C@@H]2[C@@]4(C)CC[C@H](NC(=O)[C@@H](N)Cc5ccc(O)cc5)C(C)(C)[C@@H]4CC[C@]23C)O1. The average Bonchev–Trinajstić information content (AvgIpc) is 3.56. The standard InChI is InChI=1S/C39H62N2O5/c1-34(2)28-14-19-37(6)29(36(28,5)17-15-30(34)41-33(44)26(40)21-23-9-11-24(42)12-10-23)22-27(43)32-25(13-18-38(32,37)7)39(8)20-16-31(46-39)35(3,4)45/h9-12,25-32,42-43,45H,13-22,40H2,1-8H3,(H,41,44)/t25-,26-,27+,28-,29+,30-,31+,32-,36-,37+,38+,39-/m0/s1. The number of nitrogens with one attached hydrogen (secondary N) is 1. The summed E-state index contributed by atoms with van der Waals surface area (Å²) < 4.78 is 6.73. The van der Waals surface area contributed by atoms with Gasteiger partial charge in [0.1, 0.15) is 5.75 Å². The molecule has 1 amide bonds. The fourth-order valence-corrected chi connectivity index (χ4v) is 12.6. The van der Waals surface area contributed by atoms with Gasteiger partial charge in [-0.1, -0.05) is 46.8 Å². The monoisotopic (exact) mass is 638 g/mol. The smallest absolute Gasteiger partial charge is 0.237 e. The Labute approximate surface area is 277 Å². The molecule has 7 nitrogen and oxygen atoms in total. The Hall–Kier alpha value is -1.67. The van der Waals surface area contributed by atoms with Crippen molar-refractivity contribution < 1.29 is 24.9 Å². The van der Waals surface area contributed by atoms with Crippen LogP contribution in [0.15, 0.2) is 24.3 Å². The number of rotatable bonds is 6. The van der Waals surface area contributed by atoms with Gasteiger partial charge in [-0.05, 0) is 148 Å². The molecule has 6 N–H and O–H groups in total. The number of aromatic hydroxyl groups is 1. The summed E-state index contributed by atoms with van der Waals surface area (Å²) in [4.78, 5) is 13.4. The minimum absolute atomic E-state index is 0.0172. The van der Waals surface area contributed by atoms with Gasteiger partial charge in [0.25, 0.3) is 0 Å². The lowest BCUT2D eigenvalue weighted by Gasteiger charge is -2.71. The number of amides is 1. The molecule has 6 rings (SSSR count). The van der Waals surface area contributed by atoms with E-state index < -0.39 is 11.6 Å². The molecule has 1 aromatic carbocycles. The highest BCUT2D eigenvalue weighted by molar-refractivity contribution is 5.82. The van der Waals surface area contributed by atoms with E-state index >= 15 is 0 Å². The summed E-state index contributed by atoms with van der Waals surface area (Å²) in [7, 11) is 0. The minimum atomic E-state index is -0.863. The molecule has 0 radical (unpaired) electrons. The van der Waals surface area contributed by atoms with Gasteiger partial charge in [-0.25, -0.2) is 0 Å². The Morgan fingerprint density at radius 2 is 1.61 bits per heavy atom. The molecule has 1 aliphatic heterocycles. The summed E-state index contributed by atoms with van der Waals surface area (Å²) in [6, 6.07) is 6.31. The third-order valence-corrected chi connectivity index (χ3v) is 15.4. The normalized spacial score (nSPS) is 45.8. The second-order valence-electron chi connectivity index (χ2n) is 18.5. The number of benzene rings is 1. The molecule has 7 heteroatoms. The second-order valence-corrected chi connectivity index (χ2v) is 18.5. The van der Waals surface area contributed by atoms with Crippen LogP contribution in [0.5, 0.6) is 5.75 Å². The van der Waals surface area contributed by atoms with Crippen molar-refractivity contribution in [1.29, 1.82) is 0 Å². The minimum Gasteiger partial charge on any atom is -0.508 e. The molecule has 258 valence electrons. The van der Waals surface area contributed by atoms with Crippen LogP contribution >= 0.6 is 0 Å². The highest BCUT2D eigenvalue weighted by Gasteiger charge is 2.72. The molecular weight excluding hydrogens is 576 g/mol. The highest BCUT2D eigenvalue weighted by Crippen LogP contribution is 2.76. The lowest BCUT2D eigenvalue weighted by molar-refractivity contribution is -0.240. The van der Waals surface area contributed by atoms with E-state index in [1.54, 1.807) is 12.1 Å². The van der Waals surface area contributed by atoms with Crippen LogP contribution in [0.25, 0.3) is 0 Å². The largest absolute Gasteiger partial charge is 0.508 e. The van der Waals surface area contributed by atoms with Gasteiger partial charge in [0.05, 0.1) is 29.5 Å². The number of hydrogen-bond acceptors (Lipinski definition) is 6. The lowest BCUT2D eigenvalue weighted by atomic mass is 9.35. The first kappa shape index (κ1) is 34.2. The first-order chi connectivity index (χ1) is 21.3. The van der Waals surface area contributed by atoms with Crippen molar-refractivity contribution in [3.05, 3.63) is 29.8 Å². The average molecular weight is 639 g/mol. The summed E-state index contributed by atoms with van der Waals surface area (Å²) in [5.41, 5.74) is 6.24. The van der Waals surface area contributed by atoms with Crippen LogP contribution in [0.4, 0.5) is 0 Å². The van der Waals surface area contributed by atoms with Gasteiger partial charge >= 0.3 is 0 Å². The van der Waals surface area contributed by atoms with Crippen LogP contribution in [-0.4, -0.2) is 56.7 Å². The van der Waals surface area contributed by atoms with Crippen molar-refractivity contribution in [2.75, 3.05) is 0 Å². The summed E-state index contributed by atoms with van der Waals surface area (Å²) in [5, 5.41) is 35.9. The van der Waals surface area contributed by atoms with Crippen LogP contribution in [-0.2, 0) is 16.0 Å². The van der Waals surface area contributed by atoms with Crippen LogP contribution in [0.3, 0.4) is 0 Å². The number of fused-ring (bicyclic) bond motifs is 5. The van der Waals surface area contributed by atoms with Gasteiger partial charge in [-0.2, -0.15) is 0 Å². The Bertz CT molecular complexity index is 1310. The predicted molar refractivity (Wildman–Crippen MR) is 181 cm³/mol. The number of carbonyl (C=O) groups excluding carboxylic acids is 1. The molecular formula is C39H62N2O5. The van der Waals surface area contributed by atoms with Crippen LogP contribution in [0.2, 0.25) is 0 Å². The van der Waals surface area contributed by atoms with E-state index in [0.29, 0.717) is 18.3 Å². The van der Waals surface area contributed by atoms with Gasteiger partial charge in [-0.15, -0.1) is 0 Å². The molecule has 4 saturated carbocycles. The van der Waals surface area contributed by atoms with Crippen LogP contribution in [0, 0.1) is 45.3 Å². The molecule has 0 unspecified atom stereocenters. The second kappa shape index (κ2) is 11.2. The first-order valence-electron chi connectivity index (χ1n) is 18.2. The Morgan fingerprint density at radius 3 is 2.24 bits per heavy atom. The number of ether oxygens (including phenoxy) is 1. The number of phenolic OH excluding ortho intramolecular Hbond substituents is 1. The highest BCUT2D eigenvalue weighted by atomic mass is 16.5. The van der Waals surface area contributed by atoms with Crippen molar-refractivity contribution in [2.24, 2.45) is 51.1 Å². The lowest BCUT2D eigenvalue weighted by Crippen LogP contribution is -2.68. The number of hydrogen-bond donors (Lipinski definition) is 5. The molecule has 12 atom stereocenters. The molecule has 1 saturated heterocycles. The van der Waals surface area contributed by atoms with E-state index in [1.165, 1.54) is 0 Å². The van der Waals surface area contributed by atoms with Crippen molar-refractivity contribution in [2.45, 2.75) is 155 Å². The molecule has 5 fully saturated rings. The number of aliphatic hydroxyl groups is 2. The summed E-state index contributed by atoms with van der Waals surface area (Å²) in [6.07, 6.45) is 8.92. The van der Waals surface area contributed by atoms with E-state index in [2.05, 4.69) is 46.9 Å². The van der Waals surface area contributed by atoms with Crippen LogP contribution < -0.4 is 11.1 Å². The Morgan fingerprint density at radius 1 is 0.957 bits per heavy atom. The molecule has 0 spiro atoms. The quantitative estimate of drug-likeness (QED) is 0.256. The van der Waals surface area contributed by atoms with E-state index in [-0.39, 0.29) is 69.0 Å². The zero-order chi connectivity index (χ0) is 33.7. The van der Waals surface area contributed by atoms with Crippen molar-refractivity contribution in [3.63, 3.8) is 0 Å². The fraction of sp³-hybridized carbons (Fsp3) is 0.821. The summed E-state index contributed by atoms with van der Waals surface area (Å²) in [5.74, 6) is 1.42. The number of nitrogens with two attached hydrogens (primary N) is 1. The van der Waals surface area contributed by atoms with Gasteiger partial charge in [-0.3, -0.25) is 4.79 Å². The van der Waals surface area contributed by atoms with E-state index in [1.807, 2.05) is 26.0 Å². The zero-order valence-corrected chi connectivity index (χ0v) is 29.7. The molecule has 5 aliphatic rings. The number of aliphatic hydroxyl groups excluding tert-OH is 1. The molecule has 0 bridgehead atoms. The number of carbonyl (C=O) groups is 1. The maximum Gasteiger partial charge on any atom is 0.237 e. The molecule has 1 heterocycles. The van der Waals surface area contributed by atoms with Gasteiger partial charge in [0, 0.05) is 6.04 Å². The van der Waals surface area contributed by atoms with E-state index in [0.717, 1.165) is 63.4 Å². The van der Waals surface area contributed by atoms with Gasteiger partial charge in [0.2, 0.25) is 5.91 Å². The molecule has 0 aromatic heterocycles. The number of phenols is 1. The maximum atomic E-state index is 13.4. The molecule has 4 aliphatic carbocycles. The van der Waals surface area contributed by atoms with E-state index in [4.69, 9.17) is 10.5 Å². The fourth-order valence-electron chi connectivity index (χ4n) is 12.6. The summed E-state index contributed by atoms with van der Waals surface area (Å²) in [6.45, 7) is 18.2. The predicted octanol–water partition coefficient (Wildman–Crippen LogP) is 6.11. The van der Waals surface area contributed by atoms with Gasteiger partial charge < -0.3 is 31.1 Å².